The van der Waals surface area contributed by atoms with Crippen molar-refractivity contribution in [3.63, 3.8) is 0 Å². The minimum atomic E-state index is 0.589. The average molecular weight is 187 g/mol. The summed E-state index contributed by atoms with van der Waals surface area (Å²) in [6.45, 7) is 4.74. The monoisotopic (exact) mass is 186 g/mol. The summed E-state index contributed by atoms with van der Waals surface area (Å²) in [4.78, 5) is 0. The molecule has 70 valence electrons. The molecule has 1 aliphatic rings. The van der Waals surface area contributed by atoms with Crippen LogP contribution in [0.3, 0.4) is 0 Å². The molecule has 0 aromatic carbocycles. The second-order valence-corrected chi connectivity index (χ2v) is 4.89. The van der Waals surface area contributed by atoms with Crippen molar-refractivity contribution < 1.29 is 0 Å². The standard InChI is InChI=1S/C11H19Cl/c1-11(2)7-5-10(6-8-11)4-3-9-12/h3-4,10H,5-9H2,1-2H3/b4-3+. The Labute approximate surface area is 81.0 Å². The average Bonchev–Trinajstić information content (AvgIpc) is 2.03. The molecule has 0 atom stereocenters. The van der Waals surface area contributed by atoms with E-state index in [4.69, 9.17) is 11.6 Å². The minimum Gasteiger partial charge on any atom is -0.122 e. The third-order valence-electron chi connectivity index (χ3n) is 2.88. The van der Waals surface area contributed by atoms with Crippen LogP contribution in [0.1, 0.15) is 39.5 Å². The van der Waals surface area contributed by atoms with Gasteiger partial charge in [0.1, 0.15) is 0 Å². The van der Waals surface area contributed by atoms with E-state index in [9.17, 15) is 0 Å². The van der Waals surface area contributed by atoms with Crippen LogP contribution in [0.15, 0.2) is 12.2 Å². The van der Waals surface area contributed by atoms with Crippen LogP contribution < -0.4 is 0 Å². The molecule has 0 spiro atoms. The molecule has 0 aliphatic heterocycles. The summed E-state index contributed by atoms with van der Waals surface area (Å²) in [5, 5.41) is 0. The Kier molecular flexibility index (Phi) is 3.64. The summed E-state index contributed by atoms with van der Waals surface area (Å²) in [6, 6.07) is 0. The minimum absolute atomic E-state index is 0.589. The van der Waals surface area contributed by atoms with E-state index in [0.717, 1.165) is 5.92 Å². The first kappa shape index (κ1) is 10.1. The van der Waals surface area contributed by atoms with Crippen molar-refractivity contribution in [3.8, 4) is 0 Å². The quantitative estimate of drug-likeness (QED) is 0.452. The van der Waals surface area contributed by atoms with Crippen molar-refractivity contribution in [2.75, 3.05) is 5.88 Å². The summed E-state index contributed by atoms with van der Waals surface area (Å²) in [7, 11) is 0. The van der Waals surface area contributed by atoms with Crippen LogP contribution in [0, 0.1) is 11.3 Å². The zero-order valence-electron chi connectivity index (χ0n) is 8.15. The van der Waals surface area contributed by atoms with Crippen LogP contribution in [-0.4, -0.2) is 5.88 Å². The first-order valence-electron chi connectivity index (χ1n) is 4.87. The number of rotatable bonds is 2. The number of hydrogen-bond acceptors (Lipinski definition) is 0. The van der Waals surface area contributed by atoms with Gasteiger partial charge in [0.05, 0.1) is 0 Å². The van der Waals surface area contributed by atoms with Gasteiger partial charge in [-0.25, -0.2) is 0 Å². The van der Waals surface area contributed by atoms with E-state index in [0.29, 0.717) is 11.3 Å². The third kappa shape index (κ3) is 3.18. The molecule has 1 heteroatoms. The number of halogens is 1. The summed E-state index contributed by atoms with van der Waals surface area (Å²) >= 11 is 5.59. The molecular formula is C11H19Cl. The third-order valence-corrected chi connectivity index (χ3v) is 3.06. The smallest absolute Gasteiger partial charge is 0.0404 e. The Bertz CT molecular complexity index is 148. The highest BCUT2D eigenvalue weighted by molar-refractivity contribution is 6.18. The van der Waals surface area contributed by atoms with Crippen molar-refractivity contribution in [2.45, 2.75) is 39.5 Å². The fourth-order valence-electron chi connectivity index (χ4n) is 1.86. The van der Waals surface area contributed by atoms with Gasteiger partial charge in [0, 0.05) is 5.88 Å². The molecule has 0 unspecified atom stereocenters. The van der Waals surface area contributed by atoms with Crippen LogP contribution in [-0.2, 0) is 0 Å². The SMILES string of the molecule is CC1(C)CCC(/C=C/CCl)CC1. The summed E-state index contributed by atoms with van der Waals surface area (Å²) in [5.41, 5.74) is 0.589. The predicted octanol–water partition coefficient (Wildman–Crippen LogP) is 4.00. The molecule has 0 aromatic rings. The molecule has 0 N–H and O–H groups in total. The maximum atomic E-state index is 5.59. The predicted molar refractivity (Wildman–Crippen MR) is 55.6 cm³/mol. The van der Waals surface area contributed by atoms with Crippen molar-refractivity contribution in [1.29, 1.82) is 0 Å². The molecule has 0 saturated heterocycles. The normalized spacial score (nSPS) is 24.9. The molecule has 1 rings (SSSR count). The molecule has 1 fully saturated rings. The molecule has 0 amide bonds. The van der Waals surface area contributed by atoms with Gasteiger partial charge in [0.2, 0.25) is 0 Å². The van der Waals surface area contributed by atoms with Gasteiger partial charge in [0.25, 0.3) is 0 Å². The molecule has 0 aromatic heterocycles. The molecule has 1 saturated carbocycles. The second-order valence-electron chi connectivity index (χ2n) is 4.58. The van der Waals surface area contributed by atoms with E-state index in [-0.39, 0.29) is 0 Å². The molecule has 0 nitrogen and oxygen atoms in total. The van der Waals surface area contributed by atoms with E-state index in [2.05, 4.69) is 26.0 Å². The topological polar surface area (TPSA) is 0 Å². The lowest BCUT2D eigenvalue weighted by atomic mass is 9.73. The van der Waals surface area contributed by atoms with Gasteiger partial charge in [-0.3, -0.25) is 0 Å². The summed E-state index contributed by atoms with van der Waals surface area (Å²) in [5.74, 6) is 1.47. The Hall–Kier alpha value is 0.0300. The first-order chi connectivity index (χ1) is 5.64. The Morgan fingerprint density at radius 1 is 1.33 bits per heavy atom. The van der Waals surface area contributed by atoms with Crippen LogP contribution in [0.2, 0.25) is 0 Å². The lowest BCUT2D eigenvalue weighted by molar-refractivity contribution is 0.213. The molecule has 0 heterocycles. The van der Waals surface area contributed by atoms with E-state index < -0.39 is 0 Å². The number of allylic oxidation sites excluding steroid dienone is 2. The maximum absolute atomic E-state index is 5.59. The Balaban J connectivity index is 2.31. The van der Waals surface area contributed by atoms with Gasteiger partial charge >= 0.3 is 0 Å². The van der Waals surface area contributed by atoms with Gasteiger partial charge < -0.3 is 0 Å². The van der Waals surface area contributed by atoms with Crippen molar-refractivity contribution in [3.05, 3.63) is 12.2 Å². The zero-order valence-corrected chi connectivity index (χ0v) is 8.90. The van der Waals surface area contributed by atoms with Gasteiger partial charge in [-0.05, 0) is 37.0 Å². The Morgan fingerprint density at radius 3 is 2.42 bits per heavy atom. The first-order valence-corrected chi connectivity index (χ1v) is 5.40. The van der Waals surface area contributed by atoms with Crippen LogP contribution in [0.5, 0.6) is 0 Å². The highest BCUT2D eigenvalue weighted by Gasteiger charge is 2.25. The summed E-state index contributed by atoms with van der Waals surface area (Å²) < 4.78 is 0. The van der Waals surface area contributed by atoms with Crippen molar-refractivity contribution in [1.82, 2.24) is 0 Å². The van der Waals surface area contributed by atoms with Gasteiger partial charge in [0.15, 0.2) is 0 Å². The fourth-order valence-corrected chi connectivity index (χ4v) is 1.96. The highest BCUT2D eigenvalue weighted by atomic mass is 35.5. The Morgan fingerprint density at radius 2 is 1.92 bits per heavy atom. The summed E-state index contributed by atoms with van der Waals surface area (Å²) in [6.07, 6.45) is 9.81. The van der Waals surface area contributed by atoms with E-state index in [1.807, 2.05) is 0 Å². The van der Waals surface area contributed by atoms with Crippen LogP contribution >= 0.6 is 11.6 Å². The zero-order chi connectivity index (χ0) is 9.03. The molecule has 0 bridgehead atoms. The number of hydrogen-bond donors (Lipinski definition) is 0. The lowest BCUT2D eigenvalue weighted by Crippen LogP contribution is -2.20. The van der Waals surface area contributed by atoms with E-state index in [1.54, 1.807) is 0 Å². The van der Waals surface area contributed by atoms with Crippen molar-refractivity contribution >= 4 is 11.6 Å². The second kappa shape index (κ2) is 4.32. The maximum Gasteiger partial charge on any atom is 0.0404 e. The van der Waals surface area contributed by atoms with E-state index >= 15 is 0 Å². The molecule has 1 aliphatic carbocycles. The fraction of sp³-hybridized carbons (Fsp3) is 0.818. The van der Waals surface area contributed by atoms with Gasteiger partial charge in [-0.2, -0.15) is 0 Å². The molecular weight excluding hydrogens is 168 g/mol. The highest BCUT2D eigenvalue weighted by Crippen LogP contribution is 2.38. The van der Waals surface area contributed by atoms with Crippen LogP contribution in [0.4, 0.5) is 0 Å². The van der Waals surface area contributed by atoms with Crippen molar-refractivity contribution in [2.24, 2.45) is 11.3 Å². The largest absolute Gasteiger partial charge is 0.122 e. The lowest BCUT2D eigenvalue weighted by Gasteiger charge is -2.33. The molecule has 0 radical (unpaired) electrons. The number of alkyl halides is 1. The van der Waals surface area contributed by atoms with Crippen LogP contribution in [0.25, 0.3) is 0 Å². The van der Waals surface area contributed by atoms with Gasteiger partial charge in [-0.15, -0.1) is 11.6 Å². The van der Waals surface area contributed by atoms with E-state index in [1.165, 1.54) is 25.7 Å². The van der Waals surface area contributed by atoms with Gasteiger partial charge in [-0.1, -0.05) is 26.0 Å². The molecule has 12 heavy (non-hydrogen) atoms.